The Bertz CT molecular complexity index is 441. The molecule has 0 saturated heterocycles. The van der Waals surface area contributed by atoms with Gasteiger partial charge >= 0.3 is 0 Å². The minimum Gasteiger partial charge on any atom is -0.496 e. The van der Waals surface area contributed by atoms with E-state index >= 15 is 0 Å². The number of nitrogens with two attached hydrogens (primary N) is 2. The van der Waals surface area contributed by atoms with Gasteiger partial charge in [0.1, 0.15) is 5.75 Å². The summed E-state index contributed by atoms with van der Waals surface area (Å²) in [5.74, 6) is 0.354. The van der Waals surface area contributed by atoms with Gasteiger partial charge in [-0.05, 0) is 12.1 Å². The Balaban J connectivity index is 3.12. The highest BCUT2D eigenvalue weighted by molar-refractivity contribution is 6.36. The van der Waals surface area contributed by atoms with Crippen molar-refractivity contribution in [2.75, 3.05) is 7.11 Å². The average molecular weight is 261 g/mol. The van der Waals surface area contributed by atoms with Crippen LogP contribution >= 0.6 is 23.2 Å². The largest absolute Gasteiger partial charge is 0.496 e. The minimum absolute atomic E-state index is 0.139. The number of hydrogen-bond donors (Lipinski definition) is 2. The van der Waals surface area contributed by atoms with E-state index in [2.05, 4.69) is 10.2 Å². The fourth-order valence-corrected chi connectivity index (χ4v) is 1.53. The summed E-state index contributed by atoms with van der Waals surface area (Å²) in [6.07, 6.45) is 1.39. The van der Waals surface area contributed by atoms with Gasteiger partial charge in [0, 0.05) is 5.02 Å². The van der Waals surface area contributed by atoms with Gasteiger partial charge in [0.2, 0.25) is 5.96 Å². The lowest BCUT2D eigenvalue weighted by Crippen LogP contribution is -2.21. The number of rotatable bonds is 3. The van der Waals surface area contributed by atoms with Gasteiger partial charge in [-0.2, -0.15) is 5.10 Å². The van der Waals surface area contributed by atoms with Crippen molar-refractivity contribution in [1.29, 1.82) is 0 Å². The van der Waals surface area contributed by atoms with E-state index in [0.29, 0.717) is 21.4 Å². The van der Waals surface area contributed by atoms with Gasteiger partial charge in [0.15, 0.2) is 0 Å². The summed E-state index contributed by atoms with van der Waals surface area (Å²) in [5, 5.41) is 7.97. The normalized spacial score (nSPS) is 10.4. The Labute approximate surface area is 103 Å². The predicted molar refractivity (Wildman–Crippen MR) is 66.4 cm³/mol. The number of hydrogen-bond acceptors (Lipinski definition) is 3. The maximum atomic E-state index is 5.96. The first-order valence-corrected chi connectivity index (χ1v) is 4.95. The second-order valence-corrected chi connectivity index (χ2v) is 3.62. The third-order valence-corrected chi connectivity index (χ3v) is 2.17. The molecule has 0 atom stereocenters. The maximum Gasteiger partial charge on any atom is 0.211 e. The molecule has 0 unspecified atom stereocenters. The molecule has 1 aromatic carbocycles. The summed E-state index contributed by atoms with van der Waals surface area (Å²) in [5.41, 5.74) is 10.8. The topological polar surface area (TPSA) is 86.0 Å². The van der Waals surface area contributed by atoms with Crippen molar-refractivity contribution in [3.8, 4) is 5.75 Å². The maximum absolute atomic E-state index is 5.96. The molecule has 7 heteroatoms. The molecule has 86 valence electrons. The zero-order chi connectivity index (χ0) is 12.1. The number of ether oxygens (including phenoxy) is 1. The molecule has 0 radical (unpaired) electrons. The van der Waals surface area contributed by atoms with Crippen LogP contribution in [0.15, 0.2) is 22.3 Å². The van der Waals surface area contributed by atoms with E-state index in [1.54, 1.807) is 12.1 Å². The van der Waals surface area contributed by atoms with Gasteiger partial charge in [-0.1, -0.05) is 23.2 Å². The van der Waals surface area contributed by atoms with E-state index in [4.69, 9.17) is 39.4 Å². The first kappa shape index (κ1) is 12.6. The zero-order valence-electron chi connectivity index (χ0n) is 8.45. The predicted octanol–water partition coefficient (Wildman–Crippen LogP) is 1.61. The molecule has 0 aliphatic heterocycles. The number of halogens is 2. The van der Waals surface area contributed by atoms with Gasteiger partial charge in [0.25, 0.3) is 0 Å². The highest BCUT2D eigenvalue weighted by Gasteiger charge is 2.07. The van der Waals surface area contributed by atoms with E-state index < -0.39 is 0 Å². The van der Waals surface area contributed by atoms with Gasteiger partial charge in [0.05, 0.1) is 23.9 Å². The Kier molecular flexibility index (Phi) is 4.39. The Morgan fingerprint density at radius 3 is 2.62 bits per heavy atom. The SMILES string of the molecule is COc1cc(Cl)cc(Cl)c1C=NN=C(N)N. The van der Waals surface area contributed by atoms with Crippen LogP contribution in [0.3, 0.4) is 0 Å². The summed E-state index contributed by atoms with van der Waals surface area (Å²) >= 11 is 11.8. The van der Waals surface area contributed by atoms with Crippen LogP contribution in [0.1, 0.15) is 5.56 Å². The molecule has 0 bridgehead atoms. The highest BCUT2D eigenvalue weighted by atomic mass is 35.5. The van der Waals surface area contributed by atoms with Gasteiger partial charge in [-0.15, -0.1) is 5.10 Å². The second kappa shape index (κ2) is 5.58. The molecule has 0 aliphatic rings. The van der Waals surface area contributed by atoms with Crippen molar-refractivity contribution in [2.45, 2.75) is 0 Å². The monoisotopic (exact) mass is 260 g/mol. The third-order valence-electron chi connectivity index (χ3n) is 1.64. The summed E-state index contributed by atoms with van der Waals surface area (Å²) < 4.78 is 5.09. The van der Waals surface area contributed by atoms with E-state index in [1.165, 1.54) is 13.3 Å². The van der Waals surface area contributed by atoms with Crippen LogP contribution in [0.5, 0.6) is 5.75 Å². The summed E-state index contributed by atoms with van der Waals surface area (Å²) in [4.78, 5) is 0. The standard InChI is InChI=1S/C9H10Cl2N4O/c1-16-8-3-5(10)2-7(11)6(8)4-14-15-9(12)13/h2-4H,1H3,(H4,12,13,15). The van der Waals surface area contributed by atoms with Crippen LogP contribution < -0.4 is 16.2 Å². The van der Waals surface area contributed by atoms with Crippen LogP contribution in [0.2, 0.25) is 10.0 Å². The molecular formula is C9H10Cl2N4O. The molecule has 5 nitrogen and oxygen atoms in total. The molecule has 0 spiro atoms. The highest BCUT2D eigenvalue weighted by Crippen LogP contribution is 2.29. The molecule has 4 N–H and O–H groups in total. The molecule has 0 aromatic heterocycles. The van der Waals surface area contributed by atoms with Crippen LogP contribution in [0.25, 0.3) is 0 Å². The number of guanidine groups is 1. The minimum atomic E-state index is -0.139. The summed E-state index contributed by atoms with van der Waals surface area (Å²) in [6.45, 7) is 0. The van der Waals surface area contributed by atoms with Crippen LogP contribution in [-0.4, -0.2) is 19.3 Å². The molecule has 0 saturated carbocycles. The van der Waals surface area contributed by atoms with Crippen molar-refractivity contribution in [3.05, 3.63) is 27.7 Å². The summed E-state index contributed by atoms with van der Waals surface area (Å²) in [7, 11) is 1.50. The van der Waals surface area contributed by atoms with Crippen molar-refractivity contribution in [3.63, 3.8) is 0 Å². The van der Waals surface area contributed by atoms with E-state index in [9.17, 15) is 0 Å². The molecule has 1 rings (SSSR count). The number of benzene rings is 1. The first-order chi connectivity index (χ1) is 7.54. The van der Waals surface area contributed by atoms with Crippen LogP contribution in [0.4, 0.5) is 0 Å². The van der Waals surface area contributed by atoms with Crippen molar-refractivity contribution in [1.82, 2.24) is 0 Å². The lowest BCUT2D eigenvalue weighted by molar-refractivity contribution is 0.414. The van der Waals surface area contributed by atoms with Crippen molar-refractivity contribution in [2.24, 2.45) is 21.7 Å². The molecule has 0 fully saturated rings. The first-order valence-electron chi connectivity index (χ1n) is 4.19. The fourth-order valence-electron chi connectivity index (χ4n) is 1.01. The smallest absolute Gasteiger partial charge is 0.211 e. The fraction of sp³-hybridized carbons (Fsp3) is 0.111. The van der Waals surface area contributed by atoms with Gasteiger partial charge in [-0.3, -0.25) is 0 Å². The van der Waals surface area contributed by atoms with E-state index in [1.807, 2.05) is 0 Å². The molecule has 0 amide bonds. The Morgan fingerprint density at radius 1 is 1.38 bits per heavy atom. The summed E-state index contributed by atoms with van der Waals surface area (Å²) in [6, 6.07) is 3.19. The van der Waals surface area contributed by atoms with E-state index in [0.717, 1.165) is 0 Å². The van der Waals surface area contributed by atoms with Crippen LogP contribution in [0, 0.1) is 0 Å². The van der Waals surface area contributed by atoms with Gasteiger partial charge in [-0.25, -0.2) is 0 Å². The third kappa shape index (κ3) is 3.29. The Morgan fingerprint density at radius 2 is 2.06 bits per heavy atom. The molecule has 16 heavy (non-hydrogen) atoms. The quantitative estimate of drug-likeness (QED) is 0.492. The number of methoxy groups -OCH3 is 1. The lowest BCUT2D eigenvalue weighted by atomic mass is 10.2. The molecule has 0 aliphatic carbocycles. The molecule has 0 heterocycles. The van der Waals surface area contributed by atoms with Crippen LogP contribution in [-0.2, 0) is 0 Å². The number of nitrogens with zero attached hydrogens (tertiary/aromatic N) is 2. The van der Waals surface area contributed by atoms with Crippen molar-refractivity contribution < 1.29 is 4.74 Å². The zero-order valence-corrected chi connectivity index (χ0v) is 9.96. The van der Waals surface area contributed by atoms with E-state index in [-0.39, 0.29) is 5.96 Å². The molecule has 1 aromatic rings. The molecular weight excluding hydrogens is 251 g/mol. The van der Waals surface area contributed by atoms with Gasteiger partial charge < -0.3 is 16.2 Å². The lowest BCUT2D eigenvalue weighted by Gasteiger charge is -2.06. The average Bonchev–Trinajstić information content (AvgIpc) is 2.20. The Hall–Kier alpha value is -1.46. The second-order valence-electron chi connectivity index (χ2n) is 2.77. The van der Waals surface area contributed by atoms with Crippen molar-refractivity contribution >= 4 is 35.4 Å².